The van der Waals surface area contributed by atoms with Gasteiger partial charge in [-0.2, -0.15) is 10.2 Å². The molecule has 3 aromatic rings. The Morgan fingerprint density at radius 2 is 2.38 bits per heavy atom. The molecule has 0 unspecified atom stereocenters. The SMILES string of the molecule is Cc1csc(NN=Cc2cccc(Cn3cncn3)c2)n1. The maximum Gasteiger partial charge on any atom is 0.203 e. The second-order valence-corrected chi connectivity index (χ2v) is 5.36. The summed E-state index contributed by atoms with van der Waals surface area (Å²) in [5.41, 5.74) is 6.09. The number of hydrogen-bond acceptors (Lipinski definition) is 6. The highest BCUT2D eigenvalue weighted by atomic mass is 32.1. The monoisotopic (exact) mass is 298 g/mol. The Kier molecular flexibility index (Phi) is 4.02. The Labute approximate surface area is 126 Å². The summed E-state index contributed by atoms with van der Waals surface area (Å²) in [6, 6.07) is 8.13. The highest BCUT2D eigenvalue weighted by molar-refractivity contribution is 7.13. The van der Waals surface area contributed by atoms with Crippen molar-refractivity contribution in [2.75, 3.05) is 5.43 Å². The summed E-state index contributed by atoms with van der Waals surface area (Å²) in [5.74, 6) is 0. The third-order valence-corrected chi connectivity index (χ3v) is 3.62. The van der Waals surface area contributed by atoms with Crippen LogP contribution in [0.15, 0.2) is 47.4 Å². The Bertz CT molecular complexity index is 732. The Morgan fingerprint density at radius 1 is 1.43 bits per heavy atom. The summed E-state index contributed by atoms with van der Waals surface area (Å²) >= 11 is 1.54. The first-order valence-electron chi connectivity index (χ1n) is 6.42. The third kappa shape index (κ3) is 3.73. The van der Waals surface area contributed by atoms with Crippen LogP contribution in [0, 0.1) is 6.92 Å². The van der Waals surface area contributed by atoms with Crippen molar-refractivity contribution in [2.45, 2.75) is 13.5 Å². The molecule has 106 valence electrons. The molecule has 0 radical (unpaired) electrons. The fraction of sp³-hybridized carbons (Fsp3) is 0.143. The van der Waals surface area contributed by atoms with Crippen LogP contribution in [-0.4, -0.2) is 26.0 Å². The molecule has 0 aliphatic heterocycles. The highest BCUT2D eigenvalue weighted by Crippen LogP contribution is 2.14. The fourth-order valence-electron chi connectivity index (χ4n) is 1.84. The molecule has 0 bridgehead atoms. The standard InChI is InChI=1S/C14H14N6S/c1-11-8-21-14(18-11)19-16-6-12-3-2-4-13(5-12)7-20-10-15-9-17-20/h2-6,8-10H,7H2,1H3,(H,18,19). The average molecular weight is 298 g/mol. The first-order chi connectivity index (χ1) is 10.3. The molecule has 0 atom stereocenters. The number of hydrazone groups is 1. The molecule has 0 aliphatic rings. The molecule has 1 N–H and O–H groups in total. The predicted octanol–water partition coefficient (Wildman–Crippen LogP) is 2.54. The van der Waals surface area contributed by atoms with Crippen molar-refractivity contribution >= 4 is 22.7 Å². The van der Waals surface area contributed by atoms with Gasteiger partial charge in [0.2, 0.25) is 5.13 Å². The Morgan fingerprint density at radius 3 is 3.14 bits per heavy atom. The largest absolute Gasteiger partial charge is 0.253 e. The molecular formula is C14H14N6S. The molecule has 6 nitrogen and oxygen atoms in total. The smallest absolute Gasteiger partial charge is 0.203 e. The number of thiazole rings is 1. The molecule has 0 saturated heterocycles. The van der Waals surface area contributed by atoms with E-state index in [0.717, 1.165) is 22.0 Å². The number of nitrogens with one attached hydrogen (secondary N) is 1. The molecule has 2 aromatic heterocycles. The normalized spacial score (nSPS) is 11.1. The van der Waals surface area contributed by atoms with Crippen molar-refractivity contribution in [3.05, 3.63) is 59.1 Å². The van der Waals surface area contributed by atoms with E-state index in [9.17, 15) is 0 Å². The topological polar surface area (TPSA) is 68.0 Å². The number of benzene rings is 1. The van der Waals surface area contributed by atoms with E-state index >= 15 is 0 Å². The number of aromatic nitrogens is 4. The predicted molar refractivity (Wildman–Crippen MR) is 83.6 cm³/mol. The summed E-state index contributed by atoms with van der Waals surface area (Å²) in [6.07, 6.45) is 5.01. The first kappa shape index (κ1) is 13.4. The van der Waals surface area contributed by atoms with Gasteiger partial charge in [-0.15, -0.1) is 11.3 Å². The zero-order valence-corrected chi connectivity index (χ0v) is 12.3. The summed E-state index contributed by atoms with van der Waals surface area (Å²) in [6.45, 7) is 2.65. The number of hydrogen-bond donors (Lipinski definition) is 1. The van der Waals surface area contributed by atoms with Gasteiger partial charge in [-0.1, -0.05) is 18.2 Å². The van der Waals surface area contributed by atoms with Gasteiger partial charge in [-0.25, -0.2) is 14.6 Å². The van der Waals surface area contributed by atoms with E-state index in [-0.39, 0.29) is 0 Å². The molecule has 0 spiro atoms. The molecular weight excluding hydrogens is 284 g/mol. The summed E-state index contributed by atoms with van der Waals surface area (Å²) in [4.78, 5) is 8.22. The number of nitrogens with zero attached hydrogens (tertiary/aromatic N) is 5. The summed E-state index contributed by atoms with van der Waals surface area (Å²) in [7, 11) is 0. The van der Waals surface area contributed by atoms with E-state index in [1.54, 1.807) is 17.2 Å². The lowest BCUT2D eigenvalue weighted by molar-refractivity contribution is 0.685. The lowest BCUT2D eigenvalue weighted by atomic mass is 10.1. The average Bonchev–Trinajstić information content (AvgIpc) is 3.11. The van der Waals surface area contributed by atoms with Crippen molar-refractivity contribution in [3.8, 4) is 0 Å². The quantitative estimate of drug-likeness (QED) is 0.580. The molecule has 21 heavy (non-hydrogen) atoms. The van der Waals surface area contributed by atoms with Gasteiger partial charge in [0.05, 0.1) is 18.5 Å². The Hall–Kier alpha value is -2.54. The van der Waals surface area contributed by atoms with E-state index in [1.807, 2.05) is 24.4 Å². The van der Waals surface area contributed by atoms with Crippen LogP contribution in [0.2, 0.25) is 0 Å². The van der Waals surface area contributed by atoms with Crippen LogP contribution in [0.1, 0.15) is 16.8 Å². The van der Waals surface area contributed by atoms with Gasteiger partial charge in [0.1, 0.15) is 12.7 Å². The minimum Gasteiger partial charge on any atom is -0.253 e. The van der Waals surface area contributed by atoms with Crippen LogP contribution in [0.4, 0.5) is 5.13 Å². The van der Waals surface area contributed by atoms with E-state index < -0.39 is 0 Å². The van der Waals surface area contributed by atoms with Crippen LogP contribution < -0.4 is 5.43 Å². The second kappa shape index (κ2) is 6.27. The third-order valence-electron chi connectivity index (χ3n) is 2.76. The molecule has 0 saturated carbocycles. The van der Waals surface area contributed by atoms with Gasteiger partial charge in [-0.3, -0.25) is 5.43 Å². The van der Waals surface area contributed by atoms with E-state index in [1.165, 1.54) is 17.7 Å². The fourth-order valence-corrected chi connectivity index (χ4v) is 2.48. The lowest BCUT2D eigenvalue weighted by Gasteiger charge is -2.02. The zero-order valence-electron chi connectivity index (χ0n) is 11.5. The van der Waals surface area contributed by atoms with Gasteiger partial charge in [-0.05, 0) is 24.1 Å². The van der Waals surface area contributed by atoms with Crippen molar-refractivity contribution in [1.82, 2.24) is 19.7 Å². The summed E-state index contributed by atoms with van der Waals surface area (Å²) in [5, 5.41) is 11.1. The molecule has 1 aromatic carbocycles. The molecule has 2 heterocycles. The van der Waals surface area contributed by atoms with E-state index in [0.29, 0.717) is 6.54 Å². The van der Waals surface area contributed by atoms with Crippen LogP contribution in [0.3, 0.4) is 0 Å². The molecule has 3 rings (SSSR count). The zero-order chi connectivity index (χ0) is 14.5. The van der Waals surface area contributed by atoms with Gasteiger partial charge >= 0.3 is 0 Å². The van der Waals surface area contributed by atoms with Crippen LogP contribution in [0.5, 0.6) is 0 Å². The van der Waals surface area contributed by atoms with Crippen LogP contribution in [-0.2, 0) is 6.54 Å². The van der Waals surface area contributed by atoms with E-state index in [4.69, 9.17) is 0 Å². The minimum absolute atomic E-state index is 0.695. The number of rotatable bonds is 5. The van der Waals surface area contributed by atoms with Crippen molar-refractivity contribution in [1.29, 1.82) is 0 Å². The van der Waals surface area contributed by atoms with Gasteiger partial charge < -0.3 is 0 Å². The van der Waals surface area contributed by atoms with Crippen molar-refractivity contribution in [3.63, 3.8) is 0 Å². The minimum atomic E-state index is 0.695. The maximum atomic E-state index is 4.28. The van der Waals surface area contributed by atoms with Crippen molar-refractivity contribution in [2.24, 2.45) is 5.10 Å². The maximum absolute atomic E-state index is 4.28. The highest BCUT2D eigenvalue weighted by Gasteiger charge is 1.98. The van der Waals surface area contributed by atoms with Gasteiger partial charge in [0, 0.05) is 5.38 Å². The number of anilines is 1. The van der Waals surface area contributed by atoms with Gasteiger partial charge in [0.25, 0.3) is 0 Å². The van der Waals surface area contributed by atoms with Crippen LogP contribution in [0.25, 0.3) is 0 Å². The molecule has 0 aliphatic carbocycles. The first-order valence-corrected chi connectivity index (χ1v) is 7.30. The Balaban J connectivity index is 1.65. The van der Waals surface area contributed by atoms with Crippen LogP contribution >= 0.6 is 11.3 Å². The molecule has 0 fully saturated rings. The van der Waals surface area contributed by atoms with E-state index in [2.05, 4.69) is 37.7 Å². The molecule has 0 amide bonds. The van der Waals surface area contributed by atoms with Gasteiger partial charge in [0.15, 0.2) is 0 Å². The lowest BCUT2D eigenvalue weighted by Crippen LogP contribution is -2.00. The summed E-state index contributed by atoms with van der Waals surface area (Å²) < 4.78 is 1.78. The number of aryl methyl sites for hydroxylation is 1. The van der Waals surface area contributed by atoms with Crippen molar-refractivity contribution < 1.29 is 0 Å². The molecule has 7 heteroatoms. The second-order valence-electron chi connectivity index (χ2n) is 4.50.